The van der Waals surface area contributed by atoms with Crippen molar-refractivity contribution in [2.45, 2.75) is 57.2 Å². The molecular weight excluding hydrogens is 482 g/mol. The van der Waals surface area contributed by atoms with Crippen LogP contribution < -0.4 is 21.2 Å². The van der Waals surface area contributed by atoms with Crippen LogP contribution >= 0.6 is 0 Å². The molecule has 4 heterocycles. The van der Waals surface area contributed by atoms with Crippen LogP contribution in [0.2, 0.25) is 0 Å². The van der Waals surface area contributed by atoms with Gasteiger partial charge in [0.05, 0.1) is 0 Å². The SMILES string of the molecule is CNC1CCN(Cc2ccc(-c3ccc(-c4nc5c(=O)n(C)c(=O)[nH]c5[n+](C5CCCC5)n4)o3)cc2)CC1. The van der Waals surface area contributed by atoms with E-state index in [-0.39, 0.29) is 11.6 Å². The zero-order valence-corrected chi connectivity index (χ0v) is 21.9. The maximum Gasteiger partial charge on any atom is 0.416 e. The van der Waals surface area contributed by atoms with Crippen LogP contribution in [0.25, 0.3) is 34.1 Å². The fraction of sp³-hybridized carbons (Fsp3) is 0.464. The van der Waals surface area contributed by atoms with Crippen LogP contribution in [0.3, 0.4) is 0 Å². The van der Waals surface area contributed by atoms with Crippen molar-refractivity contribution in [1.82, 2.24) is 29.9 Å². The number of aromatic nitrogens is 5. The minimum absolute atomic E-state index is 0.105. The minimum Gasteiger partial charge on any atom is -0.453 e. The minimum atomic E-state index is -0.475. The van der Waals surface area contributed by atoms with Crippen molar-refractivity contribution in [3.8, 4) is 22.9 Å². The number of rotatable bonds is 6. The maximum atomic E-state index is 12.9. The second kappa shape index (κ2) is 10.3. The normalized spacial score (nSPS) is 17.5. The summed E-state index contributed by atoms with van der Waals surface area (Å²) < 4.78 is 9.00. The molecule has 10 nitrogen and oxygen atoms in total. The standard InChI is InChI=1S/C28H33N7O3/c1-29-20-13-15-34(16-14-20)17-18-7-9-19(10-8-18)22-11-12-23(38-22)25-30-24-26(31-28(37)33(2)27(24)36)35(32-25)21-5-3-4-6-21/h7-12,20-21,29H,3-6,13-17H2,1-2H3/p+1. The predicted molar refractivity (Wildman–Crippen MR) is 144 cm³/mol. The first-order valence-corrected chi connectivity index (χ1v) is 13.5. The predicted octanol–water partition coefficient (Wildman–Crippen LogP) is 2.53. The molecule has 0 bridgehead atoms. The summed E-state index contributed by atoms with van der Waals surface area (Å²) in [4.78, 5) is 35.1. The maximum absolute atomic E-state index is 12.9. The van der Waals surface area contributed by atoms with Crippen molar-refractivity contribution < 1.29 is 9.10 Å². The van der Waals surface area contributed by atoms with Crippen LogP contribution in [0.5, 0.6) is 0 Å². The Kier molecular flexibility index (Phi) is 6.67. The van der Waals surface area contributed by atoms with Crippen LogP contribution in [-0.4, -0.2) is 50.7 Å². The van der Waals surface area contributed by atoms with Gasteiger partial charge in [0.2, 0.25) is 11.3 Å². The third-order valence-electron chi connectivity index (χ3n) is 8.05. The Bertz CT molecular complexity index is 1560. The van der Waals surface area contributed by atoms with E-state index in [9.17, 15) is 9.59 Å². The van der Waals surface area contributed by atoms with Crippen molar-refractivity contribution in [2.24, 2.45) is 7.05 Å². The summed E-state index contributed by atoms with van der Waals surface area (Å²) in [6, 6.07) is 13.0. The molecular formula is C28H34N7O3+. The molecule has 3 aromatic heterocycles. The third-order valence-corrected chi connectivity index (χ3v) is 8.05. The van der Waals surface area contributed by atoms with E-state index >= 15 is 0 Å². The molecule has 2 N–H and O–H groups in total. The molecule has 1 saturated carbocycles. The number of hydrogen-bond acceptors (Lipinski definition) is 7. The van der Waals surface area contributed by atoms with Crippen molar-refractivity contribution in [1.29, 1.82) is 0 Å². The van der Waals surface area contributed by atoms with Crippen LogP contribution in [-0.2, 0) is 13.6 Å². The average molecular weight is 517 g/mol. The Morgan fingerprint density at radius 1 is 1.03 bits per heavy atom. The zero-order valence-electron chi connectivity index (χ0n) is 21.9. The van der Waals surface area contributed by atoms with Gasteiger partial charge in [0.15, 0.2) is 5.76 Å². The number of likely N-dealkylation sites (tertiary alicyclic amines) is 1. The molecule has 1 aromatic carbocycles. The van der Waals surface area contributed by atoms with Gasteiger partial charge in [0.1, 0.15) is 11.8 Å². The molecule has 1 aliphatic carbocycles. The highest BCUT2D eigenvalue weighted by molar-refractivity contribution is 5.68. The topological polar surface area (TPSA) is 113 Å². The van der Waals surface area contributed by atoms with Crippen LogP contribution in [0.4, 0.5) is 0 Å². The molecule has 0 radical (unpaired) electrons. The highest BCUT2D eigenvalue weighted by Crippen LogP contribution is 2.29. The lowest BCUT2D eigenvalue weighted by molar-refractivity contribution is -0.754. The second-order valence-electron chi connectivity index (χ2n) is 10.5. The number of piperidine rings is 1. The van der Waals surface area contributed by atoms with Crippen molar-refractivity contribution in [3.63, 3.8) is 0 Å². The Morgan fingerprint density at radius 3 is 2.45 bits per heavy atom. The highest BCUT2D eigenvalue weighted by atomic mass is 16.3. The molecule has 1 saturated heterocycles. The van der Waals surface area contributed by atoms with E-state index in [4.69, 9.17) is 9.52 Å². The highest BCUT2D eigenvalue weighted by Gasteiger charge is 2.29. The molecule has 2 fully saturated rings. The molecule has 0 unspecified atom stereocenters. The number of H-pyrrole nitrogens is 1. The molecule has 0 spiro atoms. The lowest BCUT2D eigenvalue weighted by Crippen LogP contribution is -2.47. The van der Waals surface area contributed by atoms with Crippen LogP contribution in [0, 0.1) is 0 Å². The molecule has 4 aromatic rings. The van der Waals surface area contributed by atoms with E-state index in [1.54, 1.807) is 4.68 Å². The Hall–Kier alpha value is -3.63. The van der Waals surface area contributed by atoms with Gasteiger partial charge in [-0.15, -0.1) is 4.68 Å². The fourth-order valence-corrected chi connectivity index (χ4v) is 5.69. The summed E-state index contributed by atoms with van der Waals surface area (Å²) in [7, 11) is 3.49. The van der Waals surface area contributed by atoms with Gasteiger partial charge >= 0.3 is 11.3 Å². The Balaban J connectivity index is 1.28. The van der Waals surface area contributed by atoms with Crippen LogP contribution in [0.1, 0.15) is 50.1 Å². The Labute approximate surface area is 220 Å². The molecule has 198 valence electrons. The summed E-state index contributed by atoms with van der Waals surface area (Å²) in [5, 5.41) is 8.13. The van der Waals surface area contributed by atoms with Gasteiger partial charge in [-0.2, -0.15) is 4.98 Å². The van der Waals surface area contributed by atoms with Gasteiger partial charge in [-0.3, -0.25) is 9.69 Å². The van der Waals surface area contributed by atoms with E-state index < -0.39 is 11.2 Å². The van der Waals surface area contributed by atoms with Gasteiger partial charge in [-0.05, 0) is 76.4 Å². The largest absolute Gasteiger partial charge is 0.453 e. The first-order valence-electron chi connectivity index (χ1n) is 13.5. The summed E-state index contributed by atoms with van der Waals surface area (Å²) in [5.41, 5.74) is 1.88. The lowest BCUT2D eigenvalue weighted by Gasteiger charge is -2.31. The molecule has 38 heavy (non-hydrogen) atoms. The van der Waals surface area contributed by atoms with E-state index in [2.05, 4.69) is 44.5 Å². The van der Waals surface area contributed by atoms with Gasteiger partial charge in [-0.1, -0.05) is 29.4 Å². The number of aromatic amines is 1. The third kappa shape index (κ3) is 4.69. The lowest BCUT2D eigenvalue weighted by atomic mass is 10.0. The number of nitrogens with one attached hydrogen (secondary N) is 2. The van der Waals surface area contributed by atoms with E-state index in [1.807, 2.05) is 19.2 Å². The first kappa shape index (κ1) is 24.7. The number of fused-ring (bicyclic) bond motifs is 1. The summed E-state index contributed by atoms with van der Waals surface area (Å²) in [6.45, 7) is 3.17. The van der Waals surface area contributed by atoms with Crippen molar-refractivity contribution in [3.05, 3.63) is 62.8 Å². The fourth-order valence-electron chi connectivity index (χ4n) is 5.69. The zero-order chi connectivity index (χ0) is 26.2. The van der Waals surface area contributed by atoms with Crippen molar-refractivity contribution >= 4 is 11.2 Å². The Morgan fingerprint density at radius 2 is 1.74 bits per heavy atom. The van der Waals surface area contributed by atoms with E-state index in [0.29, 0.717) is 29.0 Å². The molecule has 6 rings (SSSR count). The number of nitrogens with zero attached hydrogens (tertiary/aromatic N) is 5. The number of furan rings is 1. The molecule has 10 heteroatoms. The quantitative estimate of drug-likeness (QED) is 0.379. The average Bonchev–Trinajstić information content (AvgIpc) is 3.66. The monoisotopic (exact) mass is 516 g/mol. The van der Waals surface area contributed by atoms with Crippen LogP contribution in [0.15, 0.2) is 50.4 Å². The summed E-state index contributed by atoms with van der Waals surface area (Å²) in [5.74, 6) is 1.53. The van der Waals surface area contributed by atoms with Gasteiger partial charge in [-0.25, -0.2) is 14.3 Å². The number of hydrogen-bond donors (Lipinski definition) is 2. The van der Waals surface area contributed by atoms with Gasteiger partial charge < -0.3 is 9.73 Å². The summed E-state index contributed by atoms with van der Waals surface area (Å²) in [6.07, 6.45) is 6.42. The first-order chi connectivity index (χ1) is 18.5. The van der Waals surface area contributed by atoms with Crippen molar-refractivity contribution in [2.75, 3.05) is 20.1 Å². The number of benzene rings is 1. The summed E-state index contributed by atoms with van der Waals surface area (Å²) >= 11 is 0. The van der Waals surface area contributed by atoms with Gasteiger partial charge in [0.25, 0.3) is 5.56 Å². The molecule has 1 aliphatic heterocycles. The van der Waals surface area contributed by atoms with Gasteiger partial charge in [0, 0.05) is 25.2 Å². The van der Waals surface area contributed by atoms with E-state index in [0.717, 1.165) is 55.4 Å². The van der Waals surface area contributed by atoms with E-state index in [1.165, 1.54) is 25.5 Å². The second-order valence-corrected chi connectivity index (χ2v) is 10.5. The molecule has 2 aliphatic rings. The molecule has 0 atom stereocenters. The molecule has 0 amide bonds. The smallest absolute Gasteiger partial charge is 0.416 e.